The average molecular weight is 551 g/mol. The maximum absolute atomic E-state index is 12.6. The maximum atomic E-state index is 12.6. The van der Waals surface area contributed by atoms with Crippen LogP contribution >= 0.6 is 0 Å². The average Bonchev–Trinajstić information content (AvgIpc) is 3.29. The largest absolute Gasteiger partial charge is 0.573 e. The van der Waals surface area contributed by atoms with E-state index >= 15 is 0 Å². The highest BCUT2D eigenvalue weighted by molar-refractivity contribution is 5.82. The fourth-order valence-corrected chi connectivity index (χ4v) is 5.52. The van der Waals surface area contributed by atoms with E-state index in [2.05, 4.69) is 15.0 Å². The second-order valence-electron chi connectivity index (χ2n) is 10.6. The zero-order valence-electron chi connectivity index (χ0n) is 22.5. The monoisotopic (exact) mass is 550 g/mol. The van der Waals surface area contributed by atoms with Crippen LogP contribution in [0, 0.1) is 5.92 Å². The van der Waals surface area contributed by atoms with E-state index in [0.717, 1.165) is 40.1 Å². The molecule has 2 aromatic heterocycles. The molecule has 0 spiro atoms. The van der Waals surface area contributed by atoms with Gasteiger partial charge >= 0.3 is 6.36 Å². The van der Waals surface area contributed by atoms with Gasteiger partial charge in [0.05, 0.1) is 11.0 Å². The van der Waals surface area contributed by atoms with Crippen LogP contribution < -0.4 is 10.1 Å². The number of pyridine rings is 1. The quantitative estimate of drug-likeness (QED) is 0.226. The molecule has 210 valence electrons. The van der Waals surface area contributed by atoms with Crippen LogP contribution in [-0.4, -0.2) is 33.2 Å². The molecule has 0 aliphatic heterocycles. The van der Waals surface area contributed by atoms with Crippen LogP contribution in [0.4, 0.5) is 13.2 Å². The Hall–Kier alpha value is -3.72. The molecule has 0 radical (unpaired) electrons. The number of nitrogens with one attached hydrogen (secondary N) is 1. The Morgan fingerprint density at radius 3 is 2.45 bits per heavy atom. The van der Waals surface area contributed by atoms with Gasteiger partial charge in [0.1, 0.15) is 17.4 Å². The van der Waals surface area contributed by atoms with Crippen molar-refractivity contribution in [2.45, 2.75) is 64.4 Å². The molecule has 5 rings (SSSR count). The van der Waals surface area contributed by atoms with Gasteiger partial charge in [-0.3, -0.25) is 9.78 Å². The van der Waals surface area contributed by atoms with Gasteiger partial charge < -0.3 is 14.6 Å². The highest BCUT2D eigenvalue weighted by Crippen LogP contribution is 2.30. The molecule has 1 saturated carbocycles. The van der Waals surface area contributed by atoms with Crippen LogP contribution in [-0.2, 0) is 11.3 Å². The molecular formula is C31H33F3N4O2. The van der Waals surface area contributed by atoms with Gasteiger partial charge in [-0.25, -0.2) is 4.98 Å². The molecule has 6 nitrogen and oxygen atoms in total. The Bertz CT molecular complexity index is 1430. The normalized spacial score (nSPS) is 15.3. The van der Waals surface area contributed by atoms with Gasteiger partial charge in [-0.2, -0.15) is 0 Å². The zero-order valence-corrected chi connectivity index (χ0v) is 22.5. The molecular weight excluding hydrogens is 517 g/mol. The summed E-state index contributed by atoms with van der Waals surface area (Å²) >= 11 is 0. The molecule has 1 aliphatic rings. The first-order chi connectivity index (χ1) is 19.2. The third-order valence-electron chi connectivity index (χ3n) is 7.48. The SMILES string of the molecule is CC(=O)CC(NCC1CCCCC1)c1ccc2c(c1)nc(-c1ccncc1)n2Cc1ccc(OC(F)(F)F)cc1. The standard InChI is InChI=1S/C31H33F3N4O2/c1-21(39)17-27(36-19-22-5-3-2-4-6-22)25-9-12-29-28(18-25)37-30(24-13-15-35-16-14-24)38(29)20-23-7-10-26(11-8-23)40-31(32,33)34/h7-16,18,22,27,36H,2-6,17,19-20H2,1H3. The van der Waals surface area contributed by atoms with Gasteiger partial charge in [0.15, 0.2) is 0 Å². The lowest BCUT2D eigenvalue weighted by atomic mass is 9.89. The number of imidazole rings is 1. The number of carbonyl (C=O) groups is 1. The Balaban J connectivity index is 1.46. The number of nitrogens with zero attached hydrogens (tertiary/aromatic N) is 3. The molecule has 2 heterocycles. The van der Waals surface area contributed by atoms with Crippen molar-refractivity contribution in [3.63, 3.8) is 0 Å². The second-order valence-corrected chi connectivity index (χ2v) is 10.6. The van der Waals surface area contributed by atoms with Gasteiger partial charge in [0.2, 0.25) is 0 Å². The van der Waals surface area contributed by atoms with Crippen molar-refractivity contribution in [1.29, 1.82) is 0 Å². The Morgan fingerprint density at radius 1 is 1.05 bits per heavy atom. The molecule has 1 atom stereocenters. The Kier molecular flexibility index (Phi) is 8.49. The highest BCUT2D eigenvalue weighted by atomic mass is 19.4. The summed E-state index contributed by atoms with van der Waals surface area (Å²) < 4.78 is 43.9. The number of fused-ring (bicyclic) bond motifs is 1. The smallest absolute Gasteiger partial charge is 0.406 e. The number of halogens is 3. The first-order valence-electron chi connectivity index (χ1n) is 13.7. The predicted molar refractivity (Wildman–Crippen MR) is 148 cm³/mol. The van der Waals surface area contributed by atoms with E-state index < -0.39 is 6.36 Å². The number of alkyl halides is 3. The van der Waals surface area contributed by atoms with Gasteiger partial charge in [-0.05, 0) is 79.8 Å². The lowest BCUT2D eigenvalue weighted by Crippen LogP contribution is -2.29. The molecule has 1 fully saturated rings. The summed E-state index contributed by atoms with van der Waals surface area (Å²) in [5, 5.41) is 3.66. The van der Waals surface area contributed by atoms with Gasteiger partial charge in [-0.1, -0.05) is 37.5 Å². The van der Waals surface area contributed by atoms with Gasteiger partial charge in [0.25, 0.3) is 0 Å². The first-order valence-corrected chi connectivity index (χ1v) is 13.7. The number of benzene rings is 2. The summed E-state index contributed by atoms with van der Waals surface area (Å²) in [6.45, 7) is 2.91. The van der Waals surface area contributed by atoms with Gasteiger partial charge in [-0.15, -0.1) is 13.2 Å². The van der Waals surface area contributed by atoms with Crippen molar-refractivity contribution in [2.24, 2.45) is 5.92 Å². The molecule has 1 N–H and O–H groups in total. The van der Waals surface area contributed by atoms with Crippen molar-refractivity contribution in [1.82, 2.24) is 19.9 Å². The number of ketones is 1. The Labute approximate surface area is 231 Å². The van der Waals surface area contributed by atoms with Crippen molar-refractivity contribution >= 4 is 16.8 Å². The van der Waals surface area contributed by atoms with E-state index in [1.165, 1.54) is 44.2 Å². The van der Waals surface area contributed by atoms with E-state index in [4.69, 9.17) is 4.98 Å². The lowest BCUT2D eigenvalue weighted by Gasteiger charge is -2.25. The minimum Gasteiger partial charge on any atom is -0.406 e. The number of hydrogen-bond donors (Lipinski definition) is 1. The summed E-state index contributed by atoms with van der Waals surface area (Å²) in [4.78, 5) is 21.2. The molecule has 0 saturated heterocycles. The van der Waals surface area contributed by atoms with Gasteiger partial charge in [0, 0.05) is 37.0 Å². The van der Waals surface area contributed by atoms with Crippen molar-refractivity contribution in [3.05, 3.63) is 78.1 Å². The molecule has 0 bridgehead atoms. The minimum absolute atomic E-state index is 0.0977. The predicted octanol–water partition coefficient (Wildman–Crippen LogP) is 7.24. The third kappa shape index (κ3) is 7.07. The summed E-state index contributed by atoms with van der Waals surface area (Å²) in [6.07, 6.45) is 5.35. The zero-order chi connectivity index (χ0) is 28.1. The number of ether oxygens (including phenoxy) is 1. The molecule has 1 aliphatic carbocycles. The van der Waals surface area contributed by atoms with Crippen LogP contribution in [0.25, 0.3) is 22.4 Å². The van der Waals surface area contributed by atoms with E-state index in [1.54, 1.807) is 31.5 Å². The maximum Gasteiger partial charge on any atom is 0.573 e. The summed E-state index contributed by atoms with van der Waals surface area (Å²) in [7, 11) is 0. The van der Waals surface area contributed by atoms with E-state index in [1.807, 2.05) is 34.9 Å². The number of rotatable bonds is 10. The molecule has 1 unspecified atom stereocenters. The van der Waals surface area contributed by atoms with E-state index in [-0.39, 0.29) is 17.6 Å². The second kappa shape index (κ2) is 12.2. The van der Waals surface area contributed by atoms with Crippen LogP contribution in [0.5, 0.6) is 5.75 Å². The molecule has 0 amide bonds. The summed E-state index contributed by atoms with van der Waals surface area (Å²) in [6, 6.07) is 15.6. The number of aromatic nitrogens is 3. The fourth-order valence-electron chi connectivity index (χ4n) is 5.52. The van der Waals surface area contributed by atoms with Crippen molar-refractivity contribution < 1.29 is 22.7 Å². The molecule has 40 heavy (non-hydrogen) atoms. The van der Waals surface area contributed by atoms with Crippen molar-refractivity contribution in [3.8, 4) is 17.1 Å². The van der Waals surface area contributed by atoms with E-state index in [9.17, 15) is 18.0 Å². The van der Waals surface area contributed by atoms with Crippen LogP contribution in [0.1, 0.15) is 62.6 Å². The molecule has 4 aromatic rings. The fraction of sp³-hybridized carbons (Fsp3) is 0.387. The van der Waals surface area contributed by atoms with Crippen LogP contribution in [0.3, 0.4) is 0 Å². The third-order valence-corrected chi connectivity index (χ3v) is 7.48. The minimum atomic E-state index is -4.74. The summed E-state index contributed by atoms with van der Waals surface area (Å²) in [5.41, 5.74) is 4.37. The van der Waals surface area contributed by atoms with Crippen LogP contribution in [0.15, 0.2) is 67.0 Å². The Morgan fingerprint density at radius 2 is 1.77 bits per heavy atom. The number of hydrogen-bond acceptors (Lipinski definition) is 5. The van der Waals surface area contributed by atoms with E-state index in [0.29, 0.717) is 18.9 Å². The first kappa shape index (κ1) is 27.8. The number of Topliss-reactive ketones (excluding diaryl/α,β-unsaturated/α-hetero) is 1. The lowest BCUT2D eigenvalue weighted by molar-refractivity contribution is -0.274. The number of carbonyl (C=O) groups excluding carboxylic acids is 1. The highest BCUT2D eigenvalue weighted by Gasteiger charge is 2.31. The molecule has 2 aromatic carbocycles. The summed E-state index contributed by atoms with van der Waals surface area (Å²) in [5.74, 6) is 1.23. The molecule has 9 heteroatoms. The van der Waals surface area contributed by atoms with Crippen LogP contribution in [0.2, 0.25) is 0 Å². The topological polar surface area (TPSA) is 69.0 Å². The van der Waals surface area contributed by atoms with Crippen molar-refractivity contribution in [2.75, 3.05) is 6.54 Å².